The number of morpholine rings is 1. The molecule has 19 atom stereocenters. The van der Waals surface area contributed by atoms with Gasteiger partial charge >= 0.3 is 18.2 Å². The highest BCUT2D eigenvalue weighted by Gasteiger charge is 2.53. The van der Waals surface area contributed by atoms with Crippen LogP contribution in [0.25, 0.3) is 0 Å². The number of anilines is 2. The van der Waals surface area contributed by atoms with Crippen molar-refractivity contribution >= 4 is 29.5 Å². The van der Waals surface area contributed by atoms with Gasteiger partial charge in [0.15, 0.2) is 12.6 Å². The fourth-order valence-corrected chi connectivity index (χ4v) is 11.7. The highest BCUT2D eigenvalue weighted by Crippen LogP contribution is 2.40. The van der Waals surface area contributed by atoms with Crippen molar-refractivity contribution in [2.24, 2.45) is 17.8 Å². The van der Waals surface area contributed by atoms with E-state index in [1.54, 1.807) is 86.5 Å². The van der Waals surface area contributed by atoms with Crippen molar-refractivity contribution in [3.63, 3.8) is 0 Å². The normalized spacial score (nSPS) is 40.7. The summed E-state index contributed by atoms with van der Waals surface area (Å²) >= 11 is 0. The van der Waals surface area contributed by atoms with Gasteiger partial charge in [-0.1, -0.05) is 20.8 Å². The van der Waals surface area contributed by atoms with E-state index in [1.165, 1.54) is 25.0 Å². The summed E-state index contributed by atoms with van der Waals surface area (Å²) in [7, 11) is 4.93. The number of carbonyl (C=O) groups is 3. The van der Waals surface area contributed by atoms with Gasteiger partial charge in [-0.05, 0) is 106 Å². The number of methoxy groups -OCH3 is 1. The molecule has 5 fully saturated rings. The molecule has 0 unspecified atom stereocenters. The van der Waals surface area contributed by atoms with E-state index in [9.17, 15) is 39.9 Å². The van der Waals surface area contributed by atoms with E-state index >= 15 is 4.39 Å². The minimum Gasteiger partial charge on any atom is -0.459 e. The lowest BCUT2D eigenvalue weighted by atomic mass is 9.77. The minimum atomic E-state index is -1.88. The summed E-state index contributed by atoms with van der Waals surface area (Å²) in [6, 6.07) is 3.22. The van der Waals surface area contributed by atoms with Crippen LogP contribution in [-0.2, 0) is 47.4 Å². The highest BCUT2D eigenvalue weighted by molar-refractivity contribution is 5.90. The Kier molecular flexibility index (Phi) is 20.8. The van der Waals surface area contributed by atoms with Crippen molar-refractivity contribution in [2.75, 3.05) is 83.7 Å². The lowest BCUT2D eigenvalue weighted by Gasteiger charge is -2.49. The van der Waals surface area contributed by atoms with Crippen LogP contribution >= 0.6 is 0 Å². The summed E-state index contributed by atoms with van der Waals surface area (Å²) in [5.41, 5.74) is -3.97. The second-order valence-electron chi connectivity index (χ2n) is 22.8. The Morgan fingerprint density at radius 1 is 0.947 bits per heavy atom. The van der Waals surface area contributed by atoms with Crippen molar-refractivity contribution in [3.05, 3.63) is 24.0 Å². The number of cyclic esters (lactones) is 2. The van der Waals surface area contributed by atoms with Crippen molar-refractivity contribution in [1.29, 1.82) is 0 Å². The molecule has 2 amide bonds. The van der Waals surface area contributed by atoms with Crippen LogP contribution in [0.1, 0.15) is 94.9 Å². The average Bonchev–Trinajstić information content (AvgIpc) is 3.75. The predicted molar refractivity (Wildman–Crippen MR) is 275 cm³/mol. The molecule has 1 aromatic rings. The van der Waals surface area contributed by atoms with Gasteiger partial charge in [0.25, 0.3) is 0 Å². The van der Waals surface area contributed by atoms with Gasteiger partial charge in [0, 0.05) is 51.2 Å². The summed E-state index contributed by atoms with van der Waals surface area (Å²) in [5, 5.41) is 62.2. The van der Waals surface area contributed by atoms with Crippen LogP contribution in [0.3, 0.4) is 0 Å². The van der Waals surface area contributed by atoms with Gasteiger partial charge < -0.3 is 83.3 Å². The number of aliphatic hydroxyl groups is 5. The molecule has 1 aromatic carbocycles. The van der Waals surface area contributed by atoms with Gasteiger partial charge in [-0.2, -0.15) is 0 Å². The first-order chi connectivity index (χ1) is 35.6. The van der Waals surface area contributed by atoms with Crippen LogP contribution in [0, 0.1) is 23.6 Å². The van der Waals surface area contributed by atoms with Crippen LogP contribution in [0.15, 0.2) is 18.2 Å². The molecule has 0 radical (unpaired) electrons. The van der Waals surface area contributed by atoms with Gasteiger partial charge in [-0.25, -0.2) is 14.0 Å². The summed E-state index contributed by atoms with van der Waals surface area (Å²) in [6.45, 7) is 19.2. The van der Waals surface area contributed by atoms with Crippen LogP contribution < -0.4 is 15.1 Å². The first-order valence-corrected chi connectivity index (χ1v) is 26.9. The highest BCUT2D eigenvalue weighted by atomic mass is 19.1. The van der Waals surface area contributed by atoms with Crippen LogP contribution in [0.4, 0.5) is 25.4 Å². The number of likely N-dealkylation sites (N-methyl/N-ethyl adjacent to an activating group) is 2. The zero-order chi connectivity index (χ0) is 56.2. The number of hydrogen-bond acceptors (Lipinski definition) is 20. The first-order valence-electron chi connectivity index (χ1n) is 26.9. The third-order valence-electron chi connectivity index (χ3n) is 16.5. The number of hydrogen-bond donors (Lipinski definition) is 6. The van der Waals surface area contributed by atoms with Crippen molar-refractivity contribution in [1.82, 2.24) is 15.1 Å². The third kappa shape index (κ3) is 14.2. The zero-order valence-corrected chi connectivity index (χ0v) is 46.8. The third-order valence-corrected chi connectivity index (χ3v) is 16.5. The van der Waals surface area contributed by atoms with E-state index in [0.29, 0.717) is 44.2 Å². The molecule has 0 bridgehead atoms. The number of amides is 2. The topological polar surface area (TPSA) is 260 Å². The van der Waals surface area contributed by atoms with Crippen molar-refractivity contribution in [2.45, 2.75) is 191 Å². The predicted octanol–water partition coefficient (Wildman–Crippen LogP) is 2.96. The van der Waals surface area contributed by atoms with Gasteiger partial charge in [0.05, 0.1) is 79.2 Å². The summed E-state index contributed by atoms with van der Waals surface area (Å²) in [4.78, 5) is 47.1. The molecule has 5 heterocycles. The number of carbonyl (C=O) groups excluding carboxylic acids is 3. The van der Waals surface area contributed by atoms with E-state index in [4.69, 9.17) is 42.6 Å². The summed E-state index contributed by atoms with van der Waals surface area (Å²) in [6.07, 6.45) is -12.6. The molecule has 0 saturated carbocycles. The fourth-order valence-electron chi connectivity index (χ4n) is 11.7. The maximum absolute atomic E-state index is 15.2. The Labute approximate surface area is 447 Å². The number of nitrogens with zero attached hydrogens (tertiary/aromatic N) is 4. The molecule has 0 spiro atoms. The second kappa shape index (κ2) is 25.7. The Morgan fingerprint density at radius 2 is 1.63 bits per heavy atom. The number of esters is 1. The molecule has 5 aliphatic heterocycles. The molecule has 6 rings (SSSR count). The number of nitrogens with one attached hydrogen (secondary N) is 1. The Hall–Kier alpha value is -3.56. The molecule has 22 nitrogen and oxygen atoms in total. The monoisotopic (exact) mass is 1090 g/mol. The van der Waals surface area contributed by atoms with Crippen molar-refractivity contribution < 1.29 is 86.9 Å². The van der Waals surface area contributed by atoms with Crippen LogP contribution in [0.5, 0.6) is 0 Å². The largest absolute Gasteiger partial charge is 0.459 e. The summed E-state index contributed by atoms with van der Waals surface area (Å²) in [5.74, 6) is -3.53. The first kappa shape index (κ1) is 61.6. The number of alkyl carbamates (subject to hydrolysis) is 1. The molecule has 6 N–H and O–H groups in total. The molecule has 0 aromatic heterocycles. The quantitative estimate of drug-likeness (QED) is 0.0943. The van der Waals surface area contributed by atoms with E-state index in [0.717, 1.165) is 0 Å². The van der Waals surface area contributed by atoms with E-state index in [-0.39, 0.29) is 51.4 Å². The fraction of sp³-hybridized carbons (Fsp3) is 0.830. The smallest absolute Gasteiger partial charge is 0.414 e. The molecule has 5 saturated heterocycles. The number of halogens is 1. The number of benzene rings is 1. The molecule has 5 aliphatic rings. The molecular formula is C53H88FN5O17. The molecule has 23 heteroatoms. The minimum absolute atomic E-state index is 0.0535. The standard InChI is InChI=1S/C53H88FN5O17/c1-14-40-53(10,67)44(61)33(6)56(11)26-29(2)23-51(8,66)46(31(4)43(32(5)47(63)74-40)75-41-24-52(9,68-13)45(62)34(7)72-41)76-48-42(60)39(21-30(3)71-48)57(12)28-70-49(64)55-25-36-27-59(50(65)73-36)35-15-16-38(37(54)22-35)58-17-19-69-20-18-58/h15-16,22,29-34,36,39-46,48,60-62,66-67H,14,17-21,23-28H2,1-13H3,(H,55,64)/t29-,30-,31+,32-,33-,34+,36+,39+,40-,41-,42-,43+,44-,45+,46-,48+,51-,52-,53-/m1/s1. The lowest BCUT2D eigenvalue weighted by Crippen LogP contribution is -2.61. The maximum atomic E-state index is 15.2. The molecule has 434 valence electrons. The number of rotatable bonds is 13. The van der Waals surface area contributed by atoms with E-state index in [1.807, 2.05) is 16.7 Å². The van der Waals surface area contributed by atoms with Crippen LogP contribution in [0.2, 0.25) is 0 Å². The van der Waals surface area contributed by atoms with Gasteiger partial charge in [-0.15, -0.1) is 0 Å². The van der Waals surface area contributed by atoms with Gasteiger partial charge in [0.2, 0.25) is 0 Å². The van der Waals surface area contributed by atoms with Crippen LogP contribution in [-0.4, -0.2) is 224 Å². The zero-order valence-electron chi connectivity index (χ0n) is 46.8. The Bertz CT molecular complexity index is 2090. The molecular weight excluding hydrogens is 998 g/mol. The van der Waals surface area contributed by atoms with E-state index in [2.05, 4.69) is 5.32 Å². The van der Waals surface area contributed by atoms with E-state index < -0.39 is 132 Å². The Morgan fingerprint density at radius 3 is 2.28 bits per heavy atom. The average molecular weight is 1090 g/mol. The Balaban J connectivity index is 1.18. The number of ether oxygens (including phenoxy) is 9. The van der Waals surface area contributed by atoms with Crippen molar-refractivity contribution in [3.8, 4) is 0 Å². The van der Waals surface area contributed by atoms with Gasteiger partial charge in [-0.3, -0.25) is 14.6 Å². The molecule has 0 aliphatic carbocycles. The van der Waals surface area contributed by atoms with Gasteiger partial charge in [0.1, 0.15) is 48.7 Å². The summed E-state index contributed by atoms with van der Waals surface area (Å²) < 4.78 is 69.6. The maximum Gasteiger partial charge on any atom is 0.414 e. The second-order valence-corrected chi connectivity index (χ2v) is 22.8. The lowest BCUT2D eigenvalue weighted by molar-refractivity contribution is -0.318. The SMILES string of the molecule is CC[C@H]1OC(=O)[C@H](C)[C@@H](O[C@@H]2C[C@@](C)(OC)[C@@H](O)[C@H](C)O2)[C@H](C)[C@@H](O[C@@H]2O[C@H](C)C[C@H](N(C)COC(=O)NC[C@H]3CN(c4ccc(N5CCOCC5)c(F)c4)C(=O)O3)[C@H]2O)[C@](C)(O)C[C@@H](C)CN(C)[C@H](C)[C@@H](O)[C@]1(C)O. The molecule has 76 heavy (non-hydrogen) atoms. The number of aliphatic hydroxyl groups excluding tert-OH is 3.